The highest BCUT2D eigenvalue weighted by atomic mass is 16.6. The number of rotatable bonds is 15. The molecular weight excluding hydrogens is 550 g/mol. The van der Waals surface area contributed by atoms with Crippen LogP contribution in [0, 0.1) is 0 Å². The number of aliphatic hydroxyl groups is 2. The first-order chi connectivity index (χ1) is 20.5. The molecule has 0 radical (unpaired) electrons. The summed E-state index contributed by atoms with van der Waals surface area (Å²) >= 11 is 0. The van der Waals surface area contributed by atoms with E-state index >= 15 is 0 Å². The van der Waals surface area contributed by atoms with Crippen LogP contribution in [0.25, 0.3) is 0 Å². The molecule has 6 N–H and O–H groups in total. The van der Waals surface area contributed by atoms with Crippen LogP contribution in [0.1, 0.15) is 37.5 Å². The highest BCUT2D eigenvalue weighted by molar-refractivity contribution is 5.68. The summed E-state index contributed by atoms with van der Waals surface area (Å²) in [6.07, 6.45) is -3.46. The molecule has 0 spiro atoms. The van der Waals surface area contributed by atoms with Crippen LogP contribution in [0.2, 0.25) is 0 Å². The summed E-state index contributed by atoms with van der Waals surface area (Å²) in [7, 11) is 0. The molecule has 0 bridgehead atoms. The van der Waals surface area contributed by atoms with Gasteiger partial charge in [-0.2, -0.15) is 0 Å². The summed E-state index contributed by atoms with van der Waals surface area (Å²) in [6, 6.07) is 25.0. The number of hydrogen-bond donors (Lipinski definition) is 6. The number of carboxylic acid groups (broad SMARTS) is 1. The highest BCUT2D eigenvalue weighted by Gasteiger charge is 2.26. The van der Waals surface area contributed by atoms with Crippen LogP contribution in [-0.2, 0) is 24.2 Å². The van der Waals surface area contributed by atoms with E-state index in [9.17, 15) is 24.9 Å². The molecule has 0 aromatic heterocycles. The van der Waals surface area contributed by atoms with E-state index in [2.05, 4.69) is 16.0 Å². The molecule has 10 heteroatoms. The molecule has 0 fully saturated rings. The van der Waals surface area contributed by atoms with Crippen LogP contribution < -0.4 is 20.7 Å². The van der Waals surface area contributed by atoms with E-state index in [0.29, 0.717) is 18.8 Å². The van der Waals surface area contributed by atoms with Gasteiger partial charge < -0.3 is 40.7 Å². The Kier molecular flexibility index (Phi) is 12.8. The SMILES string of the molecule is CC(C)(C)OC(=O)N[C@@H](Cc1ccccc1)C(O)CNC[C@@H](O)[C@H](Cc1cccc(OCc2ccccc2)c1)NC(=O)O. The quantitative estimate of drug-likeness (QED) is 0.155. The van der Waals surface area contributed by atoms with Crippen molar-refractivity contribution in [2.45, 2.75) is 70.1 Å². The third-order valence-electron chi connectivity index (χ3n) is 6.55. The minimum Gasteiger partial charge on any atom is -0.489 e. The van der Waals surface area contributed by atoms with Gasteiger partial charge in [-0.3, -0.25) is 0 Å². The Morgan fingerprint density at radius 2 is 1.28 bits per heavy atom. The topological polar surface area (TPSA) is 149 Å². The Morgan fingerprint density at radius 1 is 0.744 bits per heavy atom. The van der Waals surface area contributed by atoms with Crippen LogP contribution in [0.4, 0.5) is 9.59 Å². The normalized spacial score (nSPS) is 14.2. The number of ether oxygens (including phenoxy) is 2. The van der Waals surface area contributed by atoms with Crippen molar-refractivity contribution in [3.8, 4) is 5.75 Å². The van der Waals surface area contributed by atoms with Gasteiger partial charge in [-0.1, -0.05) is 72.8 Å². The molecule has 3 rings (SSSR count). The van der Waals surface area contributed by atoms with Crippen molar-refractivity contribution in [1.82, 2.24) is 16.0 Å². The molecule has 43 heavy (non-hydrogen) atoms. The standard InChI is InChI=1S/C33H43N3O7/c1-33(2,3)43-32(41)36-28(18-23-11-6-4-7-12-23)30(38)21-34-20-29(37)27(35-31(39)40)19-25-15-10-16-26(17-25)42-22-24-13-8-5-9-14-24/h4-17,27-30,34-35,37-38H,18-22H2,1-3H3,(H,36,41)(H,39,40)/t27-,28-,29+,30?/m0/s1. The van der Waals surface area contributed by atoms with E-state index in [0.717, 1.165) is 16.7 Å². The third kappa shape index (κ3) is 12.7. The second-order valence-corrected chi connectivity index (χ2v) is 11.4. The molecule has 232 valence electrons. The Hall–Kier alpha value is -4.12. The lowest BCUT2D eigenvalue weighted by Gasteiger charge is -2.28. The number of amides is 2. The van der Waals surface area contributed by atoms with Crippen LogP contribution in [0.15, 0.2) is 84.9 Å². The van der Waals surface area contributed by atoms with Crippen molar-refractivity contribution in [3.05, 3.63) is 102 Å². The lowest BCUT2D eigenvalue weighted by molar-refractivity contribution is 0.0416. The van der Waals surface area contributed by atoms with Crippen molar-refractivity contribution < 1.29 is 34.4 Å². The molecule has 3 aromatic carbocycles. The van der Waals surface area contributed by atoms with Crippen molar-refractivity contribution in [3.63, 3.8) is 0 Å². The van der Waals surface area contributed by atoms with Crippen molar-refractivity contribution in [1.29, 1.82) is 0 Å². The second kappa shape index (κ2) is 16.5. The number of carbonyl (C=O) groups excluding carboxylic acids is 1. The summed E-state index contributed by atoms with van der Waals surface area (Å²) < 4.78 is 11.3. The third-order valence-corrected chi connectivity index (χ3v) is 6.55. The van der Waals surface area contributed by atoms with Gasteiger partial charge in [0.25, 0.3) is 0 Å². The largest absolute Gasteiger partial charge is 0.489 e. The predicted octanol–water partition coefficient (Wildman–Crippen LogP) is 3.89. The second-order valence-electron chi connectivity index (χ2n) is 11.4. The molecule has 2 amide bonds. The minimum atomic E-state index is -1.26. The van der Waals surface area contributed by atoms with Crippen molar-refractivity contribution >= 4 is 12.2 Å². The molecule has 10 nitrogen and oxygen atoms in total. The summed E-state index contributed by atoms with van der Waals surface area (Å²) in [5, 5.41) is 39.5. The zero-order valence-corrected chi connectivity index (χ0v) is 24.9. The Balaban J connectivity index is 1.58. The van der Waals surface area contributed by atoms with Gasteiger partial charge in [0.15, 0.2) is 0 Å². The Labute approximate surface area is 253 Å². The molecule has 4 atom stereocenters. The maximum atomic E-state index is 12.5. The van der Waals surface area contributed by atoms with Gasteiger partial charge in [0, 0.05) is 13.1 Å². The van der Waals surface area contributed by atoms with Gasteiger partial charge in [0.1, 0.15) is 18.0 Å². The molecule has 0 aliphatic carbocycles. The number of alkyl carbamates (subject to hydrolysis) is 1. The van der Waals surface area contributed by atoms with Gasteiger partial charge in [-0.15, -0.1) is 0 Å². The van der Waals surface area contributed by atoms with Crippen LogP contribution in [0.3, 0.4) is 0 Å². The zero-order valence-electron chi connectivity index (χ0n) is 24.9. The van der Waals surface area contributed by atoms with Gasteiger partial charge >= 0.3 is 12.2 Å². The van der Waals surface area contributed by atoms with E-state index in [4.69, 9.17) is 9.47 Å². The van der Waals surface area contributed by atoms with Gasteiger partial charge in [-0.05, 0) is 62.4 Å². The lowest BCUT2D eigenvalue weighted by atomic mass is 10.00. The molecule has 0 saturated heterocycles. The fraction of sp³-hybridized carbons (Fsp3) is 0.394. The summed E-state index contributed by atoms with van der Waals surface area (Å²) in [5.41, 5.74) is 2.03. The van der Waals surface area contributed by atoms with E-state index in [1.807, 2.05) is 84.9 Å². The van der Waals surface area contributed by atoms with Gasteiger partial charge in [-0.25, -0.2) is 9.59 Å². The maximum Gasteiger partial charge on any atom is 0.407 e. The number of aliphatic hydroxyl groups excluding tert-OH is 2. The van der Waals surface area contributed by atoms with E-state index < -0.39 is 42.1 Å². The number of benzene rings is 3. The van der Waals surface area contributed by atoms with E-state index in [-0.39, 0.29) is 19.5 Å². The van der Waals surface area contributed by atoms with Gasteiger partial charge in [0.2, 0.25) is 0 Å². The molecule has 0 saturated carbocycles. The van der Waals surface area contributed by atoms with Crippen LogP contribution >= 0.6 is 0 Å². The molecule has 0 aliphatic heterocycles. The average molecular weight is 594 g/mol. The smallest absolute Gasteiger partial charge is 0.407 e. The summed E-state index contributed by atoms with van der Waals surface area (Å²) in [4.78, 5) is 24.0. The molecular formula is C33H43N3O7. The minimum absolute atomic E-state index is 0.00327. The monoisotopic (exact) mass is 593 g/mol. The first kappa shape index (κ1) is 33.4. The van der Waals surface area contributed by atoms with Crippen molar-refractivity contribution in [2.24, 2.45) is 0 Å². The summed E-state index contributed by atoms with van der Waals surface area (Å²) in [6.45, 7) is 5.70. The zero-order chi connectivity index (χ0) is 31.2. The predicted molar refractivity (Wildman–Crippen MR) is 164 cm³/mol. The number of hydrogen-bond acceptors (Lipinski definition) is 7. The number of nitrogens with one attached hydrogen (secondary N) is 3. The Morgan fingerprint density at radius 3 is 1.86 bits per heavy atom. The molecule has 1 unspecified atom stereocenters. The fourth-order valence-electron chi connectivity index (χ4n) is 4.47. The van der Waals surface area contributed by atoms with Crippen LogP contribution in [0.5, 0.6) is 5.75 Å². The first-order valence-corrected chi connectivity index (χ1v) is 14.3. The lowest BCUT2D eigenvalue weighted by Crippen LogP contribution is -2.52. The highest BCUT2D eigenvalue weighted by Crippen LogP contribution is 2.17. The average Bonchev–Trinajstić information content (AvgIpc) is 2.95. The van der Waals surface area contributed by atoms with Gasteiger partial charge in [0.05, 0.1) is 24.3 Å². The van der Waals surface area contributed by atoms with Crippen molar-refractivity contribution in [2.75, 3.05) is 13.1 Å². The molecule has 3 aromatic rings. The van der Waals surface area contributed by atoms with E-state index in [1.54, 1.807) is 20.8 Å². The first-order valence-electron chi connectivity index (χ1n) is 14.3. The van der Waals surface area contributed by atoms with E-state index in [1.165, 1.54) is 0 Å². The fourth-order valence-corrected chi connectivity index (χ4v) is 4.47. The maximum absolute atomic E-state index is 12.5. The molecule has 0 aliphatic rings. The Bertz CT molecular complexity index is 1270. The summed E-state index contributed by atoms with van der Waals surface area (Å²) in [5.74, 6) is 0.633. The van der Waals surface area contributed by atoms with Crippen LogP contribution in [-0.4, -0.2) is 70.5 Å². The molecule has 0 heterocycles. The number of carbonyl (C=O) groups is 2.